The van der Waals surface area contributed by atoms with Crippen molar-refractivity contribution in [3.8, 4) is 0 Å². The third-order valence-corrected chi connectivity index (χ3v) is 5.03. The lowest BCUT2D eigenvalue weighted by Crippen LogP contribution is -2.55. The van der Waals surface area contributed by atoms with Crippen LogP contribution in [0.2, 0.25) is 0 Å². The molecule has 3 aliphatic rings. The molecule has 0 unspecified atom stereocenters. The Morgan fingerprint density at radius 1 is 1.30 bits per heavy atom. The van der Waals surface area contributed by atoms with Gasteiger partial charge in [0.1, 0.15) is 5.76 Å². The Labute approximate surface area is 119 Å². The summed E-state index contributed by atoms with van der Waals surface area (Å²) in [6.07, 6.45) is 7.60. The summed E-state index contributed by atoms with van der Waals surface area (Å²) in [4.78, 5) is 14.9. The fraction of sp³-hybridized carbons (Fsp3) is 0.688. The SMILES string of the molecule is O=C([C@@H]1C[C@@H]1c1ccco1)N1CCO[C@@H]2CCCC[C@H]21. The van der Waals surface area contributed by atoms with Crippen molar-refractivity contribution in [2.24, 2.45) is 5.92 Å². The molecule has 1 aromatic rings. The van der Waals surface area contributed by atoms with Gasteiger partial charge in [-0.25, -0.2) is 0 Å². The van der Waals surface area contributed by atoms with E-state index in [1.54, 1.807) is 6.26 Å². The van der Waals surface area contributed by atoms with Gasteiger partial charge in [0.2, 0.25) is 5.91 Å². The largest absolute Gasteiger partial charge is 0.469 e. The van der Waals surface area contributed by atoms with Gasteiger partial charge in [-0.2, -0.15) is 0 Å². The van der Waals surface area contributed by atoms with Crippen LogP contribution in [-0.4, -0.2) is 36.1 Å². The van der Waals surface area contributed by atoms with E-state index in [2.05, 4.69) is 4.90 Å². The van der Waals surface area contributed by atoms with Gasteiger partial charge >= 0.3 is 0 Å². The molecule has 0 radical (unpaired) electrons. The molecule has 0 spiro atoms. The number of fused-ring (bicyclic) bond motifs is 1. The van der Waals surface area contributed by atoms with Crippen molar-refractivity contribution in [2.45, 2.75) is 50.2 Å². The van der Waals surface area contributed by atoms with E-state index >= 15 is 0 Å². The topological polar surface area (TPSA) is 42.7 Å². The van der Waals surface area contributed by atoms with E-state index in [0.717, 1.165) is 31.6 Å². The molecule has 4 atom stereocenters. The minimum atomic E-state index is 0.141. The Hall–Kier alpha value is -1.29. The Kier molecular flexibility index (Phi) is 3.06. The number of carbonyl (C=O) groups is 1. The van der Waals surface area contributed by atoms with E-state index in [4.69, 9.17) is 9.15 Å². The van der Waals surface area contributed by atoms with Crippen LogP contribution in [0.25, 0.3) is 0 Å². The van der Waals surface area contributed by atoms with Gasteiger partial charge in [-0.1, -0.05) is 12.8 Å². The van der Waals surface area contributed by atoms with E-state index in [0.29, 0.717) is 24.5 Å². The smallest absolute Gasteiger partial charge is 0.226 e. The molecule has 0 bridgehead atoms. The first-order valence-electron chi connectivity index (χ1n) is 7.80. The van der Waals surface area contributed by atoms with Gasteiger partial charge in [-0.3, -0.25) is 4.79 Å². The highest BCUT2D eigenvalue weighted by Crippen LogP contribution is 2.49. The van der Waals surface area contributed by atoms with Gasteiger partial charge in [-0.05, 0) is 31.4 Å². The van der Waals surface area contributed by atoms with Crippen molar-refractivity contribution < 1.29 is 13.9 Å². The summed E-state index contributed by atoms with van der Waals surface area (Å²) in [5.74, 6) is 1.74. The fourth-order valence-corrected chi connectivity index (χ4v) is 3.87. The lowest BCUT2D eigenvalue weighted by molar-refractivity contribution is -0.151. The van der Waals surface area contributed by atoms with Gasteiger partial charge in [0.15, 0.2) is 0 Å². The number of hydrogen-bond donors (Lipinski definition) is 0. The van der Waals surface area contributed by atoms with E-state index in [1.807, 2.05) is 12.1 Å². The lowest BCUT2D eigenvalue weighted by Gasteiger charge is -2.44. The highest BCUT2D eigenvalue weighted by molar-refractivity contribution is 5.83. The molecule has 3 fully saturated rings. The van der Waals surface area contributed by atoms with Crippen LogP contribution in [0.5, 0.6) is 0 Å². The van der Waals surface area contributed by atoms with Gasteiger partial charge in [0.05, 0.1) is 25.0 Å². The van der Waals surface area contributed by atoms with Crippen molar-refractivity contribution in [3.63, 3.8) is 0 Å². The van der Waals surface area contributed by atoms with Crippen molar-refractivity contribution >= 4 is 5.91 Å². The van der Waals surface area contributed by atoms with E-state index in [-0.39, 0.29) is 12.0 Å². The van der Waals surface area contributed by atoms with Crippen LogP contribution in [0, 0.1) is 5.92 Å². The molecular formula is C16H21NO3. The average molecular weight is 275 g/mol. The van der Waals surface area contributed by atoms with Crippen molar-refractivity contribution in [1.82, 2.24) is 4.90 Å². The average Bonchev–Trinajstić information content (AvgIpc) is 3.11. The first-order valence-corrected chi connectivity index (χ1v) is 7.80. The number of morpholine rings is 1. The van der Waals surface area contributed by atoms with Crippen LogP contribution < -0.4 is 0 Å². The predicted molar refractivity (Wildman–Crippen MR) is 73.3 cm³/mol. The molecule has 4 rings (SSSR count). The summed E-state index contributed by atoms with van der Waals surface area (Å²) in [7, 11) is 0. The maximum atomic E-state index is 12.7. The van der Waals surface area contributed by atoms with Crippen LogP contribution in [0.3, 0.4) is 0 Å². The van der Waals surface area contributed by atoms with Crippen molar-refractivity contribution in [3.05, 3.63) is 24.2 Å². The van der Waals surface area contributed by atoms with Crippen LogP contribution in [-0.2, 0) is 9.53 Å². The molecule has 2 saturated carbocycles. The zero-order chi connectivity index (χ0) is 13.5. The van der Waals surface area contributed by atoms with Crippen molar-refractivity contribution in [2.75, 3.05) is 13.2 Å². The van der Waals surface area contributed by atoms with Crippen molar-refractivity contribution in [1.29, 1.82) is 0 Å². The molecule has 0 N–H and O–H groups in total. The maximum Gasteiger partial charge on any atom is 0.226 e. The standard InChI is InChI=1S/C16H21NO3/c18-16(12-10-11(12)14-6-3-8-19-14)17-7-9-20-15-5-2-1-4-13(15)17/h3,6,8,11-13,15H,1-2,4-5,7,9-10H2/t11-,12+,13+,15+/m0/s1. The normalized spacial score (nSPS) is 36.5. The summed E-state index contributed by atoms with van der Waals surface area (Å²) < 4.78 is 11.3. The van der Waals surface area contributed by atoms with E-state index in [9.17, 15) is 4.79 Å². The molecular weight excluding hydrogens is 254 g/mol. The molecule has 1 aliphatic heterocycles. The monoisotopic (exact) mass is 275 g/mol. The molecule has 1 saturated heterocycles. The second kappa shape index (κ2) is 4.92. The molecule has 20 heavy (non-hydrogen) atoms. The molecule has 1 amide bonds. The van der Waals surface area contributed by atoms with Gasteiger partial charge in [-0.15, -0.1) is 0 Å². The molecule has 108 valence electrons. The van der Waals surface area contributed by atoms with Crippen LogP contribution in [0.1, 0.15) is 43.8 Å². The number of hydrogen-bond acceptors (Lipinski definition) is 3. The molecule has 4 heteroatoms. The zero-order valence-corrected chi connectivity index (χ0v) is 11.7. The highest BCUT2D eigenvalue weighted by atomic mass is 16.5. The molecule has 1 aromatic heterocycles. The maximum absolute atomic E-state index is 12.7. The summed E-state index contributed by atoms with van der Waals surface area (Å²) in [6, 6.07) is 4.21. The summed E-state index contributed by atoms with van der Waals surface area (Å²) in [5.41, 5.74) is 0. The third kappa shape index (κ3) is 2.06. The Morgan fingerprint density at radius 2 is 2.20 bits per heavy atom. The Morgan fingerprint density at radius 3 is 3.05 bits per heavy atom. The predicted octanol–water partition coefficient (Wildman–Crippen LogP) is 2.55. The second-order valence-electron chi connectivity index (χ2n) is 6.26. The van der Waals surface area contributed by atoms with Crippen LogP contribution in [0.4, 0.5) is 0 Å². The lowest BCUT2D eigenvalue weighted by atomic mass is 9.90. The number of ether oxygens (including phenoxy) is 1. The number of furan rings is 1. The van der Waals surface area contributed by atoms with Gasteiger partial charge < -0.3 is 14.1 Å². The Balaban J connectivity index is 1.46. The van der Waals surface area contributed by atoms with Gasteiger partial charge in [0.25, 0.3) is 0 Å². The summed E-state index contributed by atoms with van der Waals surface area (Å²) >= 11 is 0. The first-order chi connectivity index (χ1) is 9.84. The number of nitrogens with zero attached hydrogens (tertiary/aromatic N) is 1. The molecule has 2 heterocycles. The van der Waals surface area contributed by atoms with Gasteiger partial charge in [0, 0.05) is 18.4 Å². The minimum Gasteiger partial charge on any atom is -0.469 e. The number of rotatable bonds is 2. The van der Waals surface area contributed by atoms with E-state index < -0.39 is 0 Å². The number of carbonyl (C=O) groups excluding carboxylic acids is 1. The third-order valence-electron chi connectivity index (χ3n) is 5.03. The Bertz CT molecular complexity index is 482. The summed E-state index contributed by atoms with van der Waals surface area (Å²) in [5, 5.41) is 0. The first kappa shape index (κ1) is 12.5. The van der Waals surface area contributed by atoms with E-state index in [1.165, 1.54) is 12.8 Å². The molecule has 2 aliphatic carbocycles. The highest BCUT2D eigenvalue weighted by Gasteiger charge is 2.50. The number of amides is 1. The zero-order valence-electron chi connectivity index (χ0n) is 11.7. The fourth-order valence-electron chi connectivity index (χ4n) is 3.87. The quantitative estimate of drug-likeness (QED) is 0.833. The summed E-state index contributed by atoms with van der Waals surface area (Å²) in [6.45, 7) is 1.46. The molecule has 4 nitrogen and oxygen atoms in total. The van der Waals surface area contributed by atoms with Crippen LogP contribution >= 0.6 is 0 Å². The second-order valence-corrected chi connectivity index (χ2v) is 6.26. The molecule has 0 aromatic carbocycles. The minimum absolute atomic E-state index is 0.141. The van der Waals surface area contributed by atoms with Crippen LogP contribution in [0.15, 0.2) is 22.8 Å².